The lowest BCUT2D eigenvalue weighted by molar-refractivity contribution is 0.109. The number of hydrogen-bond acceptors (Lipinski definition) is 9. The molecular formula is C21H29N7OS. The Hall–Kier alpha value is -2.36. The van der Waals surface area contributed by atoms with Gasteiger partial charge in [-0.3, -0.25) is 4.98 Å². The van der Waals surface area contributed by atoms with Crippen molar-refractivity contribution >= 4 is 39.3 Å². The summed E-state index contributed by atoms with van der Waals surface area (Å²) < 4.78 is 9.29. The molecule has 1 aliphatic carbocycles. The van der Waals surface area contributed by atoms with E-state index in [1.807, 2.05) is 25.1 Å². The van der Waals surface area contributed by atoms with Crippen LogP contribution in [0.5, 0.6) is 0 Å². The van der Waals surface area contributed by atoms with Gasteiger partial charge in [0.25, 0.3) is 0 Å². The molecule has 3 aromatic heterocycles. The van der Waals surface area contributed by atoms with Crippen LogP contribution >= 0.6 is 11.5 Å². The molecule has 8 nitrogen and oxygen atoms in total. The Morgan fingerprint density at radius 2 is 1.97 bits per heavy atom. The number of aryl methyl sites for hydroxylation is 1. The predicted molar refractivity (Wildman–Crippen MR) is 122 cm³/mol. The number of nitrogens with zero attached hydrogens (tertiary/aromatic N) is 4. The quantitative estimate of drug-likeness (QED) is 0.577. The fourth-order valence-electron chi connectivity index (χ4n) is 3.61. The van der Waals surface area contributed by atoms with Crippen molar-refractivity contribution in [2.45, 2.75) is 45.1 Å². The van der Waals surface area contributed by atoms with Crippen molar-refractivity contribution in [2.24, 2.45) is 0 Å². The summed E-state index contributed by atoms with van der Waals surface area (Å²) in [6, 6.07) is 6.34. The highest BCUT2D eigenvalue weighted by Crippen LogP contribution is 2.27. The van der Waals surface area contributed by atoms with Crippen LogP contribution in [0.25, 0.3) is 11.0 Å². The van der Waals surface area contributed by atoms with Crippen LogP contribution < -0.4 is 16.0 Å². The fraction of sp³-hybridized carbons (Fsp3) is 0.524. The lowest BCUT2D eigenvalue weighted by Gasteiger charge is -2.23. The zero-order valence-electron chi connectivity index (χ0n) is 17.4. The molecule has 2 aliphatic rings. The maximum Gasteiger partial charge on any atom is 0.230 e. The van der Waals surface area contributed by atoms with E-state index in [1.165, 1.54) is 43.6 Å². The molecule has 160 valence electrons. The highest BCUT2D eigenvalue weighted by atomic mass is 32.1. The summed E-state index contributed by atoms with van der Waals surface area (Å²) in [7, 11) is 0. The summed E-state index contributed by atoms with van der Waals surface area (Å²) in [5.41, 5.74) is 2.66. The van der Waals surface area contributed by atoms with Crippen LogP contribution in [-0.4, -0.2) is 51.7 Å². The van der Waals surface area contributed by atoms with E-state index in [1.54, 1.807) is 6.20 Å². The first-order chi connectivity index (χ1) is 14.8. The molecule has 0 aromatic carbocycles. The molecule has 4 heterocycles. The smallest absolute Gasteiger partial charge is 0.230 e. The number of ether oxygens (including phenoxy) is 1. The monoisotopic (exact) mass is 427 g/mol. The number of fused-ring (bicyclic) bond motifs is 1. The number of anilines is 3. The second-order valence-corrected chi connectivity index (χ2v) is 8.37. The van der Waals surface area contributed by atoms with E-state index in [2.05, 4.69) is 35.3 Å². The van der Waals surface area contributed by atoms with E-state index in [0.717, 1.165) is 53.8 Å². The minimum Gasteiger partial charge on any atom is -0.379 e. The number of pyridine rings is 1. The van der Waals surface area contributed by atoms with Gasteiger partial charge in [0.05, 0.1) is 24.4 Å². The average Bonchev–Trinajstić information content (AvgIpc) is 3.20. The van der Waals surface area contributed by atoms with Crippen LogP contribution in [0.1, 0.15) is 37.8 Å². The molecule has 1 saturated carbocycles. The normalized spacial score (nSPS) is 17.2. The Labute approximate surface area is 181 Å². The highest BCUT2D eigenvalue weighted by molar-refractivity contribution is 7.10. The average molecular weight is 428 g/mol. The van der Waals surface area contributed by atoms with Crippen molar-refractivity contribution in [3.05, 3.63) is 30.1 Å². The summed E-state index contributed by atoms with van der Waals surface area (Å²) in [4.78, 5) is 13.7. The molecule has 0 bridgehead atoms. The molecule has 3 aromatic rings. The minimum absolute atomic E-state index is 0.470. The first kappa shape index (κ1) is 20.9. The summed E-state index contributed by atoms with van der Waals surface area (Å²) >= 11 is 1.41. The van der Waals surface area contributed by atoms with Gasteiger partial charge in [0.15, 0.2) is 5.82 Å². The Kier molecular flexibility index (Phi) is 7.39. The van der Waals surface area contributed by atoms with Crippen molar-refractivity contribution in [1.82, 2.24) is 24.6 Å². The van der Waals surface area contributed by atoms with Crippen LogP contribution in [0.3, 0.4) is 0 Å². The third kappa shape index (κ3) is 5.84. The van der Waals surface area contributed by atoms with Crippen LogP contribution in [0, 0.1) is 6.92 Å². The van der Waals surface area contributed by atoms with Crippen LogP contribution in [0.2, 0.25) is 0 Å². The first-order valence-corrected chi connectivity index (χ1v) is 11.4. The SMILES string of the molecule is C1COCCN1.Cc1cc(Nc2nc(NC3CCCCC3)c3ncccc3n2)sn1. The van der Waals surface area contributed by atoms with Crippen LogP contribution in [-0.2, 0) is 4.74 Å². The molecule has 0 radical (unpaired) electrons. The van der Waals surface area contributed by atoms with E-state index in [-0.39, 0.29) is 0 Å². The number of aromatic nitrogens is 4. The second kappa shape index (κ2) is 10.6. The molecule has 0 unspecified atom stereocenters. The molecule has 30 heavy (non-hydrogen) atoms. The van der Waals surface area contributed by atoms with Gasteiger partial charge >= 0.3 is 0 Å². The van der Waals surface area contributed by atoms with E-state index >= 15 is 0 Å². The maximum atomic E-state index is 5.01. The van der Waals surface area contributed by atoms with Gasteiger partial charge in [0.2, 0.25) is 5.95 Å². The van der Waals surface area contributed by atoms with Gasteiger partial charge in [-0.2, -0.15) is 9.36 Å². The standard InChI is InChI=1S/C17H20N6S.C4H9NO/c1-11-10-14(24-23-11)21-17-20-13-8-5-9-18-15(13)16(22-17)19-12-6-3-2-4-7-12;1-3-6-4-2-5-1/h5,8-10,12H,2-4,6-7H2,1H3,(H2,19,20,21,22);5H,1-4H2. The van der Waals surface area contributed by atoms with Gasteiger partial charge in [-0.1, -0.05) is 19.3 Å². The molecule has 0 atom stereocenters. The van der Waals surface area contributed by atoms with Gasteiger partial charge in [0.1, 0.15) is 10.5 Å². The minimum atomic E-state index is 0.470. The molecule has 3 N–H and O–H groups in total. The number of hydrogen-bond donors (Lipinski definition) is 3. The van der Waals surface area contributed by atoms with Gasteiger partial charge in [0, 0.05) is 25.3 Å². The van der Waals surface area contributed by atoms with E-state index in [4.69, 9.17) is 4.74 Å². The third-order valence-electron chi connectivity index (χ3n) is 5.11. The molecule has 0 amide bonds. The highest BCUT2D eigenvalue weighted by Gasteiger charge is 2.17. The summed E-state index contributed by atoms with van der Waals surface area (Å²) in [5, 5.41) is 11.0. The molecule has 0 spiro atoms. The largest absolute Gasteiger partial charge is 0.379 e. The van der Waals surface area contributed by atoms with Gasteiger partial charge in [-0.15, -0.1) is 0 Å². The van der Waals surface area contributed by atoms with E-state index in [9.17, 15) is 0 Å². The Bertz CT molecular complexity index is 926. The third-order valence-corrected chi connectivity index (χ3v) is 5.91. The predicted octanol–water partition coefficient (Wildman–Crippen LogP) is 3.88. The van der Waals surface area contributed by atoms with Gasteiger partial charge in [-0.05, 0) is 49.5 Å². The molecular weight excluding hydrogens is 398 g/mol. The number of morpholine rings is 1. The number of nitrogens with one attached hydrogen (secondary N) is 3. The summed E-state index contributed by atoms with van der Waals surface area (Å²) in [6.07, 6.45) is 8.05. The Balaban J connectivity index is 0.000000313. The fourth-order valence-corrected chi connectivity index (χ4v) is 4.27. The lowest BCUT2D eigenvalue weighted by atomic mass is 9.95. The second-order valence-electron chi connectivity index (χ2n) is 7.57. The van der Waals surface area contributed by atoms with Gasteiger partial charge < -0.3 is 20.7 Å². The molecule has 5 rings (SSSR count). The van der Waals surface area contributed by atoms with Crippen molar-refractivity contribution in [2.75, 3.05) is 36.9 Å². The van der Waals surface area contributed by atoms with Crippen molar-refractivity contribution in [1.29, 1.82) is 0 Å². The Morgan fingerprint density at radius 1 is 1.13 bits per heavy atom. The molecule has 1 saturated heterocycles. The zero-order valence-corrected chi connectivity index (χ0v) is 18.2. The topological polar surface area (TPSA) is 96.9 Å². The van der Waals surface area contributed by atoms with Crippen molar-refractivity contribution in [3.8, 4) is 0 Å². The maximum absolute atomic E-state index is 5.01. The molecule has 2 fully saturated rings. The lowest BCUT2D eigenvalue weighted by Crippen LogP contribution is -2.30. The Morgan fingerprint density at radius 3 is 2.63 bits per heavy atom. The van der Waals surface area contributed by atoms with E-state index in [0.29, 0.717) is 12.0 Å². The number of rotatable bonds is 4. The van der Waals surface area contributed by atoms with Gasteiger partial charge in [-0.25, -0.2) is 4.98 Å². The van der Waals surface area contributed by atoms with E-state index < -0.39 is 0 Å². The first-order valence-electron chi connectivity index (χ1n) is 10.7. The van der Waals surface area contributed by atoms with Crippen LogP contribution in [0.15, 0.2) is 24.4 Å². The summed E-state index contributed by atoms with van der Waals surface area (Å²) in [6.45, 7) is 5.81. The van der Waals surface area contributed by atoms with Crippen molar-refractivity contribution < 1.29 is 4.74 Å². The van der Waals surface area contributed by atoms with Crippen molar-refractivity contribution in [3.63, 3.8) is 0 Å². The molecule has 1 aliphatic heterocycles. The molecule has 9 heteroatoms. The zero-order chi connectivity index (χ0) is 20.6. The summed E-state index contributed by atoms with van der Waals surface area (Å²) in [5.74, 6) is 1.40. The van der Waals surface area contributed by atoms with Crippen LogP contribution in [0.4, 0.5) is 16.8 Å².